The van der Waals surface area contributed by atoms with Crippen LogP contribution >= 0.6 is 11.8 Å². The van der Waals surface area contributed by atoms with E-state index >= 15 is 0 Å². The van der Waals surface area contributed by atoms with E-state index in [4.69, 9.17) is 4.74 Å². The number of nitriles is 1. The molecule has 0 radical (unpaired) electrons. The number of amides is 2. The van der Waals surface area contributed by atoms with Crippen molar-refractivity contribution >= 4 is 41.0 Å². The number of thioether (sulfide) groups is 1. The minimum absolute atomic E-state index is 0.104. The lowest BCUT2D eigenvalue weighted by molar-refractivity contribution is -0.150. The first-order valence-corrected chi connectivity index (χ1v) is 12.3. The van der Waals surface area contributed by atoms with Gasteiger partial charge in [-0.3, -0.25) is 19.2 Å². The molecule has 0 saturated carbocycles. The number of methoxy groups -OCH3 is 1. The maximum Gasteiger partial charge on any atom is 0.319 e. The van der Waals surface area contributed by atoms with Crippen molar-refractivity contribution in [3.05, 3.63) is 75.8 Å². The van der Waals surface area contributed by atoms with E-state index < -0.39 is 23.7 Å². The summed E-state index contributed by atoms with van der Waals surface area (Å²) in [6.45, 7) is 5.54. The second kappa shape index (κ2) is 11.7. The number of nitrogens with one attached hydrogen (secondary N) is 2. The molecule has 0 aromatic heterocycles. The average molecular weight is 506 g/mol. The molecule has 0 spiro atoms. The maximum absolute atomic E-state index is 13.0. The summed E-state index contributed by atoms with van der Waals surface area (Å²) in [7, 11) is 1.19. The Morgan fingerprint density at radius 3 is 2.44 bits per heavy atom. The molecule has 186 valence electrons. The van der Waals surface area contributed by atoms with Crippen LogP contribution in [0.2, 0.25) is 0 Å². The largest absolute Gasteiger partial charge is 0.468 e. The van der Waals surface area contributed by atoms with Gasteiger partial charge in [-0.2, -0.15) is 5.26 Å². The van der Waals surface area contributed by atoms with E-state index in [1.807, 2.05) is 24.3 Å². The van der Waals surface area contributed by atoms with E-state index in [2.05, 4.69) is 30.6 Å². The van der Waals surface area contributed by atoms with E-state index in [0.29, 0.717) is 16.8 Å². The topological polar surface area (TPSA) is 125 Å². The first kappa shape index (κ1) is 26.7. The summed E-state index contributed by atoms with van der Waals surface area (Å²) in [5.41, 5.74) is 2.82. The highest BCUT2D eigenvalue weighted by molar-refractivity contribution is 8.03. The molecule has 8 nitrogen and oxygen atoms in total. The number of Topliss-reactive ketones (excluding diaryl/α,β-unsaturated/α-hetero) is 1. The van der Waals surface area contributed by atoms with Gasteiger partial charge in [-0.05, 0) is 36.1 Å². The molecule has 2 amide bonds. The van der Waals surface area contributed by atoms with Crippen LogP contribution in [-0.4, -0.2) is 36.4 Å². The van der Waals surface area contributed by atoms with Crippen molar-refractivity contribution in [3.8, 4) is 6.07 Å². The zero-order chi connectivity index (χ0) is 26.4. The highest BCUT2D eigenvalue weighted by atomic mass is 32.2. The number of allylic oxidation sites excluding steroid dienone is 1. The van der Waals surface area contributed by atoms with Crippen LogP contribution in [0.5, 0.6) is 0 Å². The number of rotatable bonds is 8. The molecule has 1 aliphatic heterocycles. The standard InChI is InChI=1S/C27H27N3O5S/c1-15(2)17-8-10-18(11-9-17)23-21(13-28)26(30-25(33)24(23)27(34)35-4)36-14-22(32)29-20-7-5-6-19(12-20)16(3)31/h5-12,15,23-24H,14H2,1-4H3,(H,29,32)(H,30,33)/t23-,24-/m1/s1. The number of ketones is 1. The van der Waals surface area contributed by atoms with Crippen molar-refractivity contribution in [2.45, 2.75) is 32.6 Å². The third-order valence-corrected chi connectivity index (χ3v) is 6.86. The van der Waals surface area contributed by atoms with Gasteiger partial charge >= 0.3 is 5.97 Å². The second-order valence-corrected chi connectivity index (χ2v) is 9.60. The van der Waals surface area contributed by atoms with Gasteiger partial charge in [-0.1, -0.05) is 62.0 Å². The van der Waals surface area contributed by atoms with E-state index in [-0.39, 0.29) is 34.0 Å². The van der Waals surface area contributed by atoms with E-state index in [9.17, 15) is 24.4 Å². The molecule has 1 heterocycles. The summed E-state index contributed by atoms with van der Waals surface area (Å²) >= 11 is 0.994. The van der Waals surface area contributed by atoms with Gasteiger partial charge in [0.2, 0.25) is 11.8 Å². The second-order valence-electron chi connectivity index (χ2n) is 8.62. The Labute approximate surface area is 214 Å². The van der Waals surface area contributed by atoms with Gasteiger partial charge in [0.1, 0.15) is 5.92 Å². The van der Waals surface area contributed by atoms with Crippen LogP contribution in [0.4, 0.5) is 5.69 Å². The lowest BCUT2D eigenvalue weighted by Crippen LogP contribution is -2.44. The summed E-state index contributed by atoms with van der Waals surface area (Å²) in [5, 5.41) is 15.6. The molecule has 0 saturated heterocycles. The molecule has 2 aromatic rings. The van der Waals surface area contributed by atoms with Gasteiger partial charge in [0.05, 0.1) is 29.5 Å². The molecule has 9 heteroatoms. The van der Waals surface area contributed by atoms with Gasteiger partial charge in [-0.15, -0.1) is 0 Å². The van der Waals surface area contributed by atoms with Crippen molar-refractivity contribution in [1.29, 1.82) is 5.26 Å². The van der Waals surface area contributed by atoms with Crippen LogP contribution < -0.4 is 10.6 Å². The molecule has 36 heavy (non-hydrogen) atoms. The lowest BCUT2D eigenvalue weighted by atomic mass is 9.78. The molecule has 2 aromatic carbocycles. The smallest absolute Gasteiger partial charge is 0.319 e. The first-order chi connectivity index (χ1) is 17.2. The summed E-state index contributed by atoms with van der Waals surface area (Å²) in [5.74, 6) is -3.75. The van der Waals surface area contributed by atoms with Crippen molar-refractivity contribution in [2.75, 3.05) is 18.2 Å². The van der Waals surface area contributed by atoms with Gasteiger partial charge < -0.3 is 15.4 Å². The van der Waals surface area contributed by atoms with E-state index in [0.717, 1.165) is 17.3 Å². The number of carbonyl (C=O) groups is 4. The van der Waals surface area contributed by atoms with Crippen LogP contribution in [-0.2, 0) is 19.1 Å². The molecule has 0 bridgehead atoms. The van der Waals surface area contributed by atoms with Gasteiger partial charge in [0, 0.05) is 17.2 Å². The molecular weight excluding hydrogens is 478 g/mol. The molecular formula is C27H27N3O5S. The monoisotopic (exact) mass is 505 g/mol. The number of anilines is 1. The summed E-state index contributed by atoms with van der Waals surface area (Å²) in [6.07, 6.45) is 0. The highest BCUT2D eigenvalue weighted by Crippen LogP contribution is 2.40. The predicted molar refractivity (Wildman–Crippen MR) is 137 cm³/mol. The normalized spacial score (nSPS) is 17.3. The molecule has 0 aliphatic carbocycles. The predicted octanol–water partition coefficient (Wildman–Crippen LogP) is 4.12. The SMILES string of the molecule is COC(=O)[C@H]1C(=O)NC(SCC(=O)Nc2cccc(C(C)=O)c2)=C(C#N)[C@H]1c1ccc(C(C)C)cc1. The summed E-state index contributed by atoms with van der Waals surface area (Å²) in [4.78, 5) is 49.7. The van der Waals surface area contributed by atoms with Crippen molar-refractivity contribution in [1.82, 2.24) is 5.32 Å². The molecule has 0 fully saturated rings. The van der Waals surface area contributed by atoms with Gasteiger partial charge in [0.25, 0.3) is 0 Å². The Kier molecular flexibility index (Phi) is 8.67. The zero-order valence-corrected chi connectivity index (χ0v) is 21.3. The lowest BCUT2D eigenvalue weighted by Gasteiger charge is -2.31. The molecule has 3 rings (SSSR count). The molecule has 2 N–H and O–H groups in total. The number of nitrogens with zero attached hydrogens (tertiary/aromatic N) is 1. The fourth-order valence-electron chi connectivity index (χ4n) is 3.92. The van der Waals surface area contributed by atoms with Crippen LogP contribution in [0.15, 0.2) is 59.1 Å². The molecule has 0 unspecified atom stereocenters. The zero-order valence-electron chi connectivity index (χ0n) is 20.5. The Hall–Kier alpha value is -3.90. The fraction of sp³-hybridized carbons (Fsp3) is 0.296. The Morgan fingerprint density at radius 2 is 1.86 bits per heavy atom. The van der Waals surface area contributed by atoms with E-state index in [1.54, 1.807) is 24.3 Å². The van der Waals surface area contributed by atoms with Crippen molar-refractivity contribution in [2.24, 2.45) is 5.92 Å². The summed E-state index contributed by atoms with van der Waals surface area (Å²) < 4.78 is 4.87. The minimum Gasteiger partial charge on any atom is -0.468 e. The number of carbonyl (C=O) groups excluding carboxylic acids is 4. The van der Waals surface area contributed by atoms with Crippen LogP contribution in [0.25, 0.3) is 0 Å². The maximum atomic E-state index is 13.0. The van der Waals surface area contributed by atoms with E-state index in [1.165, 1.54) is 14.0 Å². The van der Waals surface area contributed by atoms with Gasteiger partial charge in [-0.25, -0.2) is 0 Å². The number of hydrogen-bond donors (Lipinski definition) is 2. The van der Waals surface area contributed by atoms with Crippen molar-refractivity contribution < 1.29 is 23.9 Å². The van der Waals surface area contributed by atoms with Crippen LogP contribution in [0.1, 0.15) is 54.1 Å². The van der Waals surface area contributed by atoms with Crippen LogP contribution in [0.3, 0.4) is 0 Å². The Bertz CT molecular complexity index is 1260. The van der Waals surface area contributed by atoms with Crippen molar-refractivity contribution in [3.63, 3.8) is 0 Å². The molecule has 2 atom stereocenters. The third kappa shape index (κ3) is 6.01. The number of esters is 1. The number of ether oxygens (including phenoxy) is 1. The third-order valence-electron chi connectivity index (χ3n) is 5.85. The first-order valence-electron chi connectivity index (χ1n) is 11.3. The molecule has 1 aliphatic rings. The summed E-state index contributed by atoms with van der Waals surface area (Å²) in [6, 6.07) is 16.1. The highest BCUT2D eigenvalue weighted by Gasteiger charge is 2.44. The number of hydrogen-bond acceptors (Lipinski definition) is 7. The fourth-order valence-corrected chi connectivity index (χ4v) is 4.77. The van der Waals surface area contributed by atoms with Gasteiger partial charge in [0.15, 0.2) is 5.78 Å². The minimum atomic E-state index is -1.23. The van der Waals surface area contributed by atoms with Crippen LogP contribution in [0, 0.1) is 17.2 Å². The number of benzene rings is 2. The Morgan fingerprint density at radius 1 is 1.17 bits per heavy atom. The quantitative estimate of drug-likeness (QED) is 0.314. The Balaban J connectivity index is 1.88. The average Bonchev–Trinajstić information content (AvgIpc) is 2.86.